The number of anilines is 1. The molecule has 2 rings (SSSR count). The molecule has 0 saturated heterocycles. The van der Waals surface area contributed by atoms with Gasteiger partial charge in [-0.15, -0.1) is 0 Å². The molecule has 1 atom stereocenters. The van der Waals surface area contributed by atoms with Crippen LogP contribution in [0.25, 0.3) is 0 Å². The summed E-state index contributed by atoms with van der Waals surface area (Å²) in [4.78, 5) is 17.6. The zero-order valence-corrected chi connectivity index (χ0v) is 23.2. The lowest BCUT2D eigenvalue weighted by Crippen LogP contribution is -2.56. The molecule has 5 heteroatoms. The van der Waals surface area contributed by atoms with E-state index in [1.54, 1.807) is 0 Å². The molecule has 1 amide bonds. The van der Waals surface area contributed by atoms with E-state index in [2.05, 4.69) is 76.0 Å². The number of nitrogens with zero attached hydrogens (tertiary/aromatic N) is 2. The summed E-state index contributed by atoms with van der Waals surface area (Å²) in [5.74, 6) is 2.02. The van der Waals surface area contributed by atoms with E-state index < -0.39 is 0 Å². The Bertz CT molecular complexity index is 876. The average Bonchev–Trinajstić information content (AvgIpc) is 2.79. The maximum atomic E-state index is 13.2. The predicted molar refractivity (Wildman–Crippen MR) is 148 cm³/mol. The van der Waals surface area contributed by atoms with E-state index in [-0.39, 0.29) is 17.5 Å². The van der Waals surface area contributed by atoms with Gasteiger partial charge >= 0.3 is 0 Å². The summed E-state index contributed by atoms with van der Waals surface area (Å²) in [6.07, 6.45) is 1.93. The van der Waals surface area contributed by atoms with Crippen molar-refractivity contribution in [3.05, 3.63) is 60.2 Å². The summed E-state index contributed by atoms with van der Waals surface area (Å²) >= 11 is 0. The van der Waals surface area contributed by atoms with E-state index in [1.165, 1.54) is 0 Å². The Morgan fingerprint density at radius 3 is 2.11 bits per heavy atom. The summed E-state index contributed by atoms with van der Waals surface area (Å²) in [6, 6.07) is 18.4. The van der Waals surface area contributed by atoms with Gasteiger partial charge in [0.1, 0.15) is 12.4 Å². The standard InChI is InChI=1S/C30H47N3O2/c1-23(2)18-19-33(22-30(5,6)31-29(34)28(32(7)8)20-24(3)4)26-14-16-27(17-15-26)35-21-25-12-10-9-11-13-25/h9-17,23-24,28H,18-22H2,1-8H3,(H,31,34). The molecule has 35 heavy (non-hydrogen) atoms. The van der Waals surface area contributed by atoms with Crippen molar-refractivity contribution in [2.24, 2.45) is 11.8 Å². The summed E-state index contributed by atoms with van der Waals surface area (Å²) in [5, 5.41) is 3.33. The topological polar surface area (TPSA) is 44.8 Å². The largest absolute Gasteiger partial charge is 0.489 e. The Labute approximate surface area is 213 Å². The molecule has 0 fully saturated rings. The molecule has 0 aliphatic heterocycles. The zero-order chi connectivity index (χ0) is 26.0. The molecule has 0 aromatic heterocycles. The molecule has 0 aliphatic rings. The van der Waals surface area contributed by atoms with Gasteiger partial charge in [0, 0.05) is 18.8 Å². The lowest BCUT2D eigenvalue weighted by molar-refractivity contribution is -0.127. The number of carbonyl (C=O) groups is 1. The highest BCUT2D eigenvalue weighted by Crippen LogP contribution is 2.23. The van der Waals surface area contributed by atoms with Crippen LogP contribution in [0.3, 0.4) is 0 Å². The smallest absolute Gasteiger partial charge is 0.237 e. The Morgan fingerprint density at radius 2 is 1.57 bits per heavy atom. The van der Waals surface area contributed by atoms with Crippen molar-refractivity contribution in [1.29, 1.82) is 0 Å². The number of nitrogens with one attached hydrogen (secondary N) is 1. The molecular formula is C30H47N3O2. The van der Waals surface area contributed by atoms with Gasteiger partial charge in [0.2, 0.25) is 5.91 Å². The molecule has 0 heterocycles. The van der Waals surface area contributed by atoms with Gasteiger partial charge in [0.15, 0.2) is 0 Å². The Morgan fingerprint density at radius 1 is 0.943 bits per heavy atom. The van der Waals surface area contributed by atoms with Crippen molar-refractivity contribution < 1.29 is 9.53 Å². The average molecular weight is 482 g/mol. The van der Waals surface area contributed by atoms with Crippen molar-refractivity contribution >= 4 is 11.6 Å². The molecule has 0 aliphatic carbocycles. The normalized spacial score (nSPS) is 12.8. The van der Waals surface area contributed by atoms with Crippen molar-refractivity contribution in [2.75, 3.05) is 32.1 Å². The number of likely N-dealkylation sites (N-methyl/N-ethyl adjacent to an activating group) is 1. The van der Waals surface area contributed by atoms with Gasteiger partial charge in [-0.2, -0.15) is 0 Å². The Kier molecular flexibility index (Phi) is 11.1. The maximum absolute atomic E-state index is 13.2. The van der Waals surface area contributed by atoms with E-state index >= 15 is 0 Å². The molecule has 2 aromatic carbocycles. The van der Waals surface area contributed by atoms with Gasteiger partial charge in [0.25, 0.3) is 0 Å². The van der Waals surface area contributed by atoms with Gasteiger partial charge in [-0.05, 0) is 82.4 Å². The van der Waals surface area contributed by atoms with Gasteiger partial charge in [-0.1, -0.05) is 58.0 Å². The van der Waals surface area contributed by atoms with Crippen LogP contribution >= 0.6 is 0 Å². The Balaban J connectivity index is 2.09. The van der Waals surface area contributed by atoms with Gasteiger partial charge in [-0.3, -0.25) is 9.69 Å². The minimum Gasteiger partial charge on any atom is -0.489 e. The lowest BCUT2D eigenvalue weighted by Gasteiger charge is -2.37. The summed E-state index contributed by atoms with van der Waals surface area (Å²) in [7, 11) is 3.96. The van der Waals surface area contributed by atoms with E-state index in [9.17, 15) is 4.79 Å². The molecule has 0 spiro atoms. The van der Waals surface area contributed by atoms with Crippen molar-refractivity contribution in [3.8, 4) is 5.75 Å². The summed E-state index contributed by atoms with van der Waals surface area (Å²) < 4.78 is 5.98. The molecule has 5 nitrogen and oxygen atoms in total. The first-order chi connectivity index (χ1) is 16.5. The number of ether oxygens (including phenoxy) is 1. The molecule has 1 unspecified atom stereocenters. The third-order valence-corrected chi connectivity index (χ3v) is 6.09. The van der Waals surface area contributed by atoms with E-state index in [0.717, 1.165) is 42.9 Å². The van der Waals surface area contributed by atoms with Crippen LogP contribution in [0, 0.1) is 11.8 Å². The fraction of sp³-hybridized carbons (Fsp3) is 0.567. The number of benzene rings is 2. The van der Waals surface area contributed by atoms with Crippen LogP contribution in [-0.4, -0.2) is 49.6 Å². The number of hydrogen-bond donors (Lipinski definition) is 1. The minimum atomic E-state index is -0.373. The van der Waals surface area contributed by atoms with Crippen LogP contribution in [0.15, 0.2) is 54.6 Å². The second kappa shape index (κ2) is 13.5. The second-order valence-corrected chi connectivity index (χ2v) is 11.4. The quantitative estimate of drug-likeness (QED) is 0.360. The van der Waals surface area contributed by atoms with Crippen LogP contribution in [0.2, 0.25) is 0 Å². The van der Waals surface area contributed by atoms with E-state index in [1.807, 2.05) is 49.3 Å². The first kappa shape index (κ1) is 28.7. The maximum Gasteiger partial charge on any atom is 0.237 e. The molecule has 0 radical (unpaired) electrons. The highest BCUT2D eigenvalue weighted by atomic mass is 16.5. The van der Waals surface area contributed by atoms with Gasteiger partial charge in [-0.25, -0.2) is 0 Å². The summed E-state index contributed by atoms with van der Waals surface area (Å²) in [5.41, 5.74) is 1.93. The molecule has 0 bridgehead atoms. The highest BCUT2D eigenvalue weighted by Gasteiger charge is 2.29. The SMILES string of the molecule is CC(C)CCN(CC(C)(C)NC(=O)C(CC(C)C)N(C)C)c1ccc(OCc2ccccc2)cc1. The lowest BCUT2D eigenvalue weighted by atomic mass is 9.98. The molecule has 0 saturated carbocycles. The highest BCUT2D eigenvalue weighted by molar-refractivity contribution is 5.82. The number of rotatable bonds is 14. The van der Waals surface area contributed by atoms with Crippen LogP contribution in [0.4, 0.5) is 5.69 Å². The zero-order valence-electron chi connectivity index (χ0n) is 23.2. The van der Waals surface area contributed by atoms with Gasteiger partial charge < -0.3 is 15.0 Å². The third kappa shape index (κ3) is 10.3. The first-order valence-electron chi connectivity index (χ1n) is 13.0. The second-order valence-electron chi connectivity index (χ2n) is 11.4. The van der Waals surface area contributed by atoms with Crippen molar-refractivity contribution in [3.63, 3.8) is 0 Å². The van der Waals surface area contributed by atoms with Gasteiger partial charge in [0.05, 0.1) is 11.6 Å². The summed E-state index contributed by atoms with van der Waals surface area (Å²) in [6.45, 7) is 15.3. The number of amides is 1. The number of carbonyl (C=O) groups excluding carboxylic acids is 1. The predicted octanol–water partition coefficient (Wildman–Crippen LogP) is 5.99. The van der Waals surface area contributed by atoms with Crippen LogP contribution < -0.4 is 15.0 Å². The van der Waals surface area contributed by atoms with Crippen LogP contribution in [0.1, 0.15) is 59.9 Å². The number of hydrogen-bond acceptors (Lipinski definition) is 4. The molecule has 1 N–H and O–H groups in total. The van der Waals surface area contributed by atoms with Crippen LogP contribution in [-0.2, 0) is 11.4 Å². The monoisotopic (exact) mass is 481 g/mol. The Hall–Kier alpha value is -2.53. The minimum absolute atomic E-state index is 0.0992. The first-order valence-corrected chi connectivity index (χ1v) is 13.0. The van der Waals surface area contributed by atoms with Crippen molar-refractivity contribution in [2.45, 2.75) is 72.6 Å². The molecular weight excluding hydrogens is 434 g/mol. The fourth-order valence-corrected chi connectivity index (χ4v) is 4.14. The van der Waals surface area contributed by atoms with E-state index in [4.69, 9.17) is 4.74 Å². The fourth-order valence-electron chi connectivity index (χ4n) is 4.14. The van der Waals surface area contributed by atoms with Crippen LogP contribution in [0.5, 0.6) is 5.75 Å². The molecule has 194 valence electrons. The van der Waals surface area contributed by atoms with Crippen molar-refractivity contribution in [1.82, 2.24) is 10.2 Å². The third-order valence-electron chi connectivity index (χ3n) is 6.09. The molecule has 2 aromatic rings. The van der Waals surface area contributed by atoms with E-state index in [0.29, 0.717) is 18.4 Å².